The van der Waals surface area contributed by atoms with Gasteiger partial charge in [-0.1, -0.05) is 38.1 Å². The number of rotatable bonds is 4. The number of benzene rings is 1. The van der Waals surface area contributed by atoms with Crippen LogP contribution >= 0.6 is 0 Å². The minimum absolute atomic E-state index is 0.0208. The Kier molecular flexibility index (Phi) is 4.58. The van der Waals surface area contributed by atoms with Crippen LogP contribution in [-0.2, 0) is 11.3 Å². The Balaban J connectivity index is 2.16. The van der Waals surface area contributed by atoms with E-state index in [0.717, 1.165) is 16.8 Å². The van der Waals surface area contributed by atoms with Gasteiger partial charge in [-0.25, -0.2) is 0 Å². The zero-order chi connectivity index (χ0) is 15.4. The molecule has 0 aliphatic heterocycles. The van der Waals surface area contributed by atoms with Crippen LogP contribution in [0.5, 0.6) is 0 Å². The summed E-state index contributed by atoms with van der Waals surface area (Å²) in [7, 11) is 0. The summed E-state index contributed by atoms with van der Waals surface area (Å²) in [5.41, 5.74) is 2.67. The third kappa shape index (κ3) is 3.81. The summed E-state index contributed by atoms with van der Waals surface area (Å²) >= 11 is 0. The van der Waals surface area contributed by atoms with Crippen molar-refractivity contribution in [2.75, 3.05) is 5.32 Å². The highest BCUT2D eigenvalue weighted by Gasteiger charge is 2.10. The van der Waals surface area contributed by atoms with Gasteiger partial charge in [0.2, 0.25) is 5.91 Å². The molecule has 0 unspecified atom stereocenters. The number of hydrogen-bond acceptors (Lipinski definition) is 2. The second-order valence-corrected chi connectivity index (χ2v) is 5.46. The van der Waals surface area contributed by atoms with E-state index < -0.39 is 0 Å². The number of para-hydroxylation sites is 1. The third-order valence-corrected chi connectivity index (χ3v) is 3.30. The van der Waals surface area contributed by atoms with E-state index in [1.807, 2.05) is 31.2 Å². The molecule has 21 heavy (non-hydrogen) atoms. The molecule has 2 aromatic rings. The molecule has 0 saturated carbocycles. The van der Waals surface area contributed by atoms with Crippen LogP contribution in [0.1, 0.15) is 30.9 Å². The van der Waals surface area contributed by atoms with Crippen LogP contribution in [0.2, 0.25) is 0 Å². The lowest BCUT2D eigenvalue weighted by Crippen LogP contribution is -2.27. The highest BCUT2D eigenvalue weighted by atomic mass is 16.2. The fourth-order valence-electron chi connectivity index (χ4n) is 2.23. The van der Waals surface area contributed by atoms with Crippen LogP contribution in [0, 0.1) is 6.92 Å². The van der Waals surface area contributed by atoms with Gasteiger partial charge in [-0.05, 0) is 30.0 Å². The molecule has 0 aliphatic carbocycles. The van der Waals surface area contributed by atoms with Crippen LogP contribution in [0.3, 0.4) is 0 Å². The van der Waals surface area contributed by atoms with Crippen LogP contribution in [0.4, 0.5) is 5.69 Å². The van der Waals surface area contributed by atoms with Gasteiger partial charge in [0.1, 0.15) is 6.54 Å². The summed E-state index contributed by atoms with van der Waals surface area (Å²) in [5.74, 6) is 0.124. The first-order valence-corrected chi connectivity index (χ1v) is 7.03. The van der Waals surface area contributed by atoms with Gasteiger partial charge in [0.25, 0.3) is 5.56 Å². The molecule has 0 spiro atoms. The van der Waals surface area contributed by atoms with Crippen molar-refractivity contribution in [2.45, 2.75) is 33.2 Å². The summed E-state index contributed by atoms with van der Waals surface area (Å²) in [4.78, 5) is 23.9. The van der Waals surface area contributed by atoms with Crippen molar-refractivity contribution in [3.8, 4) is 0 Å². The molecule has 2 rings (SSSR count). The fraction of sp³-hybridized carbons (Fsp3) is 0.294. The molecular formula is C17H20N2O2. The molecule has 1 N–H and O–H groups in total. The molecule has 1 amide bonds. The molecule has 0 aliphatic rings. The molecule has 0 bridgehead atoms. The summed E-state index contributed by atoms with van der Waals surface area (Å²) in [5, 5.41) is 2.89. The van der Waals surface area contributed by atoms with Crippen molar-refractivity contribution < 1.29 is 4.79 Å². The standard InChI is InChI=1S/C17H20N2O2/c1-12(2)14-6-4-5-7-15(14)18-16(20)11-19-10-13(3)8-9-17(19)21/h4-10,12H,11H2,1-3H3,(H,18,20). The summed E-state index contributed by atoms with van der Waals surface area (Å²) in [6.45, 7) is 6.07. The maximum absolute atomic E-state index is 12.1. The number of pyridine rings is 1. The highest BCUT2D eigenvalue weighted by molar-refractivity contribution is 5.91. The van der Waals surface area contributed by atoms with Crippen molar-refractivity contribution in [2.24, 2.45) is 0 Å². The molecule has 0 saturated heterocycles. The van der Waals surface area contributed by atoms with Crippen LogP contribution < -0.4 is 10.9 Å². The van der Waals surface area contributed by atoms with E-state index in [9.17, 15) is 9.59 Å². The molecule has 0 fully saturated rings. The Morgan fingerprint density at radius 3 is 2.62 bits per heavy atom. The molecule has 4 nitrogen and oxygen atoms in total. The fourth-order valence-corrected chi connectivity index (χ4v) is 2.23. The Morgan fingerprint density at radius 1 is 1.19 bits per heavy atom. The first-order valence-electron chi connectivity index (χ1n) is 7.03. The number of anilines is 1. The monoisotopic (exact) mass is 284 g/mol. The Labute approximate surface area is 124 Å². The summed E-state index contributed by atoms with van der Waals surface area (Å²) in [6.07, 6.45) is 1.69. The molecule has 0 radical (unpaired) electrons. The largest absolute Gasteiger partial charge is 0.324 e. The minimum Gasteiger partial charge on any atom is -0.324 e. The van der Waals surface area contributed by atoms with E-state index in [0.29, 0.717) is 5.92 Å². The van der Waals surface area contributed by atoms with Crippen molar-refractivity contribution in [1.29, 1.82) is 0 Å². The number of carbonyl (C=O) groups excluding carboxylic acids is 1. The number of aryl methyl sites for hydroxylation is 1. The lowest BCUT2D eigenvalue weighted by molar-refractivity contribution is -0.116. The normalized spacial score (nSPS) is 10.7. The van der Waals surface area contributed by atoms with E-state index in [4.69, 9.17) is 0 Å². The Hall–Kier alpha value is -2.36. The number of aromatic nitrogens is 1. The predicted octanol–water partition coefficient (Wildman–Crippen LogP) is 2.92. The first-order chi connectivity index (χ1) is 9.97. The number of nitrogens with one attached hydrogen (secondary N) is 1. The number of nitrogens with zero attached hydrogens (tertiary/aromatic N) is 1. The van der Waals surface area contributed by atoms with Crippen LogP contribution in [0.25, 0.3) is 0 Å². The summed E-state index contributed by atoms with van der Waals surface area (Å²) in [6, 6.07) is 10.9. The predicted molar refractivity (Wildman–Crippen MR) is 84.6 cm³/mol. The van der Waals surface area contributed by atoms with E-state index in [2.05, 4.69) is 19.2 Å². The zero-order valence-electron chi connectivity index (χ0n) is 12.6. The SMILES string of the molecule is Cc1ccc(=O)n(CC(=O)Nc2ccccc2C(C)C)c1. The van der Waals surface area contributed by atoms with Gasteiger partial charge in [-0.2, -0.15) is 0 Å². The van der Waals surface area contributed by atoms with Gasteiger partial charge in [-0.3, -0.25) is 9.59 Å². The van der Waals surface area contributed by atoms with Gasteiger partial charge >= 0.3 is 0 Å². The lowest BCUT2D eigenvalue weighted by Gasteiger charge is -2.14. The van der Waals surface area contributed by atoms with Crippen LogP contribution in [-0.4, -0.2) is 10.5 Å². The maximum Gasteiger partial charge on any atom is 0.251 e. The van der Waals surface area contributed by atoms with E-state index in [1.54, 1.807) is 12.3 Å². The molecule has 4 heteroatoms. The molecule has 1 aromatic carbocycles. The van der Waals surface area contributed by atoms with Crippen molar-refractivity contribution in [3.63, 3.8) is 0 Å². The third-order valence-electron chi connectivity index (χ3n) is 3.30. The van der Waals surface area contributed by atoms with E-state index in [1.165, 1.54) is 10.6 Å². The Morgan fingerprint density at radius 2 is 1.90 bits per heavy atom. The van der Waals surface area contributed by atoms with Crippen molar-refractivity contribution >= 4 is 11.6 Å². The van der Waals surface area contributed by atoms with Crippen molar-refractivity contribution in [1.82, 2.24) is 4.57 Å². The lowest BCUT2D eigenvalue weighted by atomic mass is 10.0. The van der Waals surface area contributed by atoms with Crippen LogP contribution in [0.15, 0.2) is 47.4 Å². The number of amides is 1. The second-order valence-electron chi connectivity index (χ2n) is 5.46. The number of carbonyl (C=O) groups is 1. The van der Waals surface area contributed by atoms with Crippen molar-refractivity contribution in [3.05, 3.63) is 64.1 Å². The van der Waals surface area contributed by atoms with Gasteiger partial charge in [0.05, 0.1) is 0 Å². The van der Waals surface area contributed by atoms with Gasteiger partial charge in [0.15, 0.2) is 0 Å². The molecule has 0 atom stereocenters. The summed E-state index contributed by atoms with van der Waals surface area (Å²) < 4.78 is 1.42. The maximum atomic E-state index is 12.1. The van der Waals surface area contributed by atoms with Gasteiger partial charge in [0, 0.05) is 18.0 Å². The molecule has 110 valence electrons. The molecule has 1 heterocycles. The Bertz CT molecular complexity index is 702. The second kappa shape index (κ2) is 6.39. The average molecular weight is 284 g/mol. The quantitative estimate of drug-likeness (QED) is 0.938. The van der Waals surface area contributed by atoms with E-state index in [-0.39, 0.29) is 18.0 Å². The van der Waals surface area contributed by atoms with Gasteiger partial charge in [-0.15, -0.1) is 0 Å². The molecular weight excluding hydrogens is 264 g/mol. The topological polar surface area (TPSA) is 51.1 Å². The number of hydrogen-bond donors (Lipinski definition) is 1. The highest BCUT2D eigenvalue weighted by Crippen LogP contribution is 2.23. The smallest absolute Gasteiger partial charge is 0.251 e. The average Bonchev–Trinajstić information content (AvgIpc) is 2.43. The molecule has 1 aromatic heterocycles. The van der Waals surface area contributed by atoms with E-state index >= 15 is 0 Å². The van der Waals surface area contributed by atoms with Gasteiger partial charge < -0.3 is 9.88 Å². The zero-order valence-corrected chi connectivity index (χ0v) is 12.6. The minimum atomic E-state index is -0.198. The first kappa shape index (κ1) is 15.0.